The van der Waals surface area contributed by atoms with Crippen LogP contribution in [0.25, 0.3) is 0 Å². The van der Waals surface area contributed by atoms with E-state index in [0.717, 1.165) is 0 Å². The zero-order valence-corrected chi connectivity index (χ0v) is 15.5. The summed E-state index contributed by atoms with van der Waals surface area (Å²) in [6, 6.07) is 0. The van der Waals surface area contributed by atoms with Gasteiger partial charge in [-0.25, -0.2) is 4.57 Å². The first kappa shape index (κ1) is 54.5. The van der Waals surface area contributed by atoms with Gasteiger partial charge in [0, 0.05) is 51.5 Å². The van der Waals surface area contributed by atoms with Gasteiger partial charge in [-0.1, -0.05) is 0 Å². The van der Waals surface area contributed by atoms with E-state index in [4.69, 9.17) is 19.2 Å². The van der Waals surface area contributed by atoms with Crippen molar-refractivity contribution in [1.82, 2.24) is 0 Å². The van der Waals surface area contributed by atoms with E-state index in [9.17, 15) is 0 Å². The summed E-state index contributed by atoms with van der Waals surface area (Å²) in [6.45, 7) is 0. The Labute approximate surface area is 177 Å². The van der Waals surface area contributed by atoms with E-state index >= 15 is 0 Å². The van der Waals surface area contributed by atoms with Crippen LogP contribution in [0.4, 0.5) is 0 Å². The molecule has 5 nitrogen and oxygen atoms in total. The largest absolute Gasteiger partial charge is 2.00 e. The summed E-state index contributed by atoms with van der Waals surface area (Å²) in [5.74, 6) is 0. The van der Waals surface area contributed by atoms with E-state index in [1.807, 2.05) is 0 Å². The van der Waals surface area contributed by atoms with E-state index in [-0.39, 0.29) is 154 Å². The molecule has 0 aromatic carbocycles. The summed E-state index contributed by atoms with van der Waals surface area (Å²) in [5, 5.41) is 0. The van der Waals surface area contributed by atoms with Crippen molar-refractivity contribution >= 4 is 70.7 Å². The molecule has 0 fully saturated rings. The van der Waals surface area contributed by atoms with E-state index in [2.05, 4.69) is 0 Å². The standard InChI is InChI=1S/Al.Cr.Fe.Mn.Na.H3O4P.H2O.Sr.6H/c;;;;;1-5(2,3)4;;;;;;;;/h;;;;;(H3,1,2,3,4);1H2;;;;;;;/q;;;;+1;;;+2;;;;3*-1. The summed E-state index contributed by atoms with van der Waals surface area (Å²) in [4.78, 5) is 21.6. The van der Waals surface area contributed by atoms with Gasteiger partial charge in [-0.15, -0.1) is 0 Å². The van der Waals surface area contributed by atoms with Gasteiger partial charge < -0.3 is 24.4 Å². The third kappa shape index (κ3) is 126. The number of hydrogen-bond acceptors (Lipinski definition) is 1. The molecule has 0 aliphatic rings. The maximum absolute atomic E-state index is 8.88. The zero-order chi connectivity index (χ0) is 4.50. The minimum Gasteiger partial charge on any atom is -1.00 e. The van der Waals surface area contributed by atoms with Crippen molar-refractivity contribution in [1.29, 1.82) is 0 Å². The molecule has 0 amide bonds. The molecule has 0 rings (SSSR count). The molecular weight excluding hydrogens is 411 g/mol. The summed E-state index contributed by atoms with van der Waals surface area (Å²) < 4.78 is 8.88. The van der Waals surface area contributed by atoms with Gasteiger partial charge in [-0.2, -0.15) is 0 Å². The van der Waals surface area contributed by atoms with Crippen LogP contribution in [-0.4, -0.2) is 83.0 Å². The van der Waals surface area contributed by atoms with E-state index in [1.54, 1.807) is 0 Å². The molecule has 0 bridgehead atoms. The van der Waals surface area contributed by atoms with Gasteiger partial charge in [-0.05, 0) is 0 Å². The van der Waals surface area contributed by atoms with Gasteiger partial charge in [0.25, 0.3) is 0 Å². The molecule has 0 aliphatic carbocycles. The summed E-state index contributed by atoms with van der Waals surface area (Å²) in [6.07, 6.45) is 0. The third-order valence-electron chi connectivity index (χ3n) is 0. The fraction of sp³-hybridized carbons (Fsp3) is 0. The second-order valence-corrected chi connectivity index (χ2v) is 1.54. The van der Waals surface area contributed by atoms with Crippen LogP contribution in [0.15, 0.2) is 0 Å². The van der Waals surface area contributed by atoms with Crippen molar-refractivity contribution in [3.05, 3.63) is 0 Å². The van der Waals surface area contributed by atoms with Crippen molar-refractivity contribution in [2.24, 2.45) is 0 Å². The molecule has 0 aromatic heterocycles. The zero-order valence-electron chi connectivity index (χ0n) is 8.54. The normalized spacial score (nSPS) is 4.92. The van der Waals surface area contributed by atoms with Gasteiger partial charge in [-0.3, -0.25) is 0 Å². The Morgan fingerprint density at radius 3 is 1.17 bits per heavy atom. The SMILES string of the molecule is O.O=P(O)(O)O.[AlH3].[Cr].[Fe].[H-].[H-].[H-].[Mn].[Na+].[Sr+2]. The average Bonchev–Trinajstić information content (AvgIpc) is 0.722. The summed E-state index contributed by atoms with van der Waals surface area (Å²) >= 11 is 0. The molecule has 0 saturated carbocycles. The maximum atomic E-state index is 8.88. The predicted molar refractivity (Wildman–Crippen MR) is 36.9 cm³/mol. The fourth-order valence-electron chi connectivity index (χ4n) is 0. The number of phosphoric acid groups is 1. The second kappa shape index (κ2) is 29.6. The first-order chi connectivity index (χ1) is 2.00. The topological polar surface area (TPSA) is 109 Å². The van der Waals surface area contributed by atoms with Crippen LogP contribution < -0.4 is 29.6 Å². The third-order valence-corrected chi connectivity index (χ3v) is 0. The summed E-state index contributed by atoms with van der Waals surface area (Å²) in [7, 11) is -4.64. The number of rotatable bonds is 0. The van der Waals surface area contributed by atoms with Crippen LogP contribution in [0.3, 0.4) is 0 Å². The van der Waals surface area contributed by atoms with Crippen molar-refractivity contribution < 1.29 is 110 Å². The number of hydrogen-bond donors (Lipinski definition) is 3. The van der Waals surface area contributed by atoms with Crippen LogP contribution in [0.1, 0.15) is 4.28 Å². The molecule has 0 spiro atoms. The molecule has 0 atom stereocenters. The van der Waals surface area contributed by atoms with Crippen LogP contribution in [0.2, 0.25) is 0 Å². The predicted octanol–water partition coefficient (Wildman–Crippen LogP) is -5.98. The Morgan fingerprint density at radius 1 is 1.17 bits per heavy atom. The molecule has 73 valence electrons. The molecule has 0 saturated heterocycles. The van der Waals surface area contributed by atoms with E-state index < -0.39 is 7.82 Å². The van der Waals surface area contributed by atoms with Crippen molar-refractivity contribution in [3.8, 4) is 0 Å². The first-order valence-electron chi connectivity index (χ1n) is 0.783. The van der Waals surface area contributed by atoms with Crippen molar-refractivity contribution in [3.63, 3.8) is 0 Å². The molecular formula is H11AlCrFeMnNaO5PSr. The van der Waals surface area contributed by atoms with Crippen molar-refractivity contribution in [2.75, 3.05) is 0 Å². The Kier molecular flexibility index (Phi) is 134. The quantitative estimate of drug-likeness (QED) is 0.267. The molecule has 12 heavy (non-hydrogen) atoms. The van der Waals surface area contributed by atoms with Gasteiger partial charge in [0.05, 0.1) is 0 Å². The van der Waals surface area contributed by atoms with E-state index in [1.165, 1.54) is 0 Å². The summed E-state index contributed by atoms with van der Waals surface area (Å²) in [5.41, 5.74) is 0. The van der Waals surface area contributed by atoms with Gasteiger partial charge >= 0.3 is 82.9 Å². The minimum atomic E-state index is -4.64. The Morgan fingerprint density at radius 2 is 1.17 bits per heavy atom. The minimum absolute atomic E-state index is 0. The van der Waals surface area contributed by atoms with Crippen LogP contribution in [-0.2, 0) is 56.1 Å². The van der Waals surface area contributed by atoms with Crippen LogP contribution in [0.5, 0.6) is 0 Å². The molecule has 12 heteroatoms. The Bertz CT molecular complexity index is 88.4. The Balaban J connectivity index is -0.00000000178. The Hall–Kier alpha value is 4.65. The molecule has 0 unspecified atom stereocenters. The monoisotopic (exact) mass is 423 g/mol. The molecule has 0 aliphatic heterocycles. The fourth-order valence-corrected chi connectivity index (χ4v) is 0. The maximum Gasteiger partial charge on any atom is 2.00 e. The van der Waals surface area contributed by atoms with Gasteiger partial charge in [0.1, 0.15) is 0 Å². The molecule has 0 heterocycles. The van der Waals surface area contributed by atoms with Gasteiger partial charge in [0.2, 0.25) is 0 Å². The van der Waals surface area contributed by atoms with Crippen LogP contribution in [0, 0.1) is 0 Å². The van der Waals surface area contributed by atoms with Crippen molar-refractivity contribution in [2.45, 2.75) is 0 Å². The smallest absolute Gasteiger partial charge is 1.00 e. The molecule has 0 aromatic rings. The van der Waals surface area contributed by atoms with Gasteiger partial charge in [0.15, 0.2) is 17.4 Å². The van der Waals surface area contributed by atoms with E-state index in [0.29, 0.717) is 0 Å². The average molecular weight is 422 g/mol. The van der Waals surface area contributed by atoms with Crippen LogP contribution >= 0.6 is 7.82 Å². The second-order valence-electron chi connectivity index (χ2n) is 0.513. The first-order valence-corrected chi connectivity index (χ1v) is 2.35. The molecule has 1 radical (unpaired) electrons. The molecule has 5 N–H and O–H groups in total.